The monoisotopic (exact) mass is 494 g/mol. The van der Waals surface area contributed by atoms with Crippen LogP contribution in [-0.2, 0) is 9.26 Å². The summed E-state index contributed by atoms with van der Waals surface area (Å²) in [7, 11) is -2.29. The maximum Gasteiger partial charge on any atom is 0.229 e. The summed E-state index contributed by atoms with van der Waals surface area (Å²) in [6.07, 6.45) is 3.27. The molecule has 8 nitrogen and oxygen atoms in total. The van der Waals surface area contributed by atoms with Gasteiger partial charge in [-0.1, -0.05) is 41.5 Å². The molecule has 1 aromatic rings. The Morgan fingerprint density at radius 1 is 1.21 bits per heavy atom. The van der Waals surface area contributed by atoms with E-state index in [2.05, 4.69) is 52.7 Å². The van der Waals surface area contributed by atoms with E-state index < -0.39 is 21.3 Å². The SMILES string of the molecule is C[C@H]([C@H](C)[C@H](C)N=C(c1cccnc1N)N(C=N)O[Si](C)(C)C(C)(C)C)[C@@H](C)C(C=N)OCF. The highest BCUT2D eigenvalue weighted by Crippen LogP contribution is 2.37. The number of aliphatic imine (C=N–C) groups is 1. The summed E-state index contributed by atoms with van der Waals surface area (Å²) < 4.78 is 24.3. The van der Waals surface area contributed by atoms with Crippen molar-refractivity contribution in [1.29, 1.82) is 10.8 Å². The molecule has 5 atom stereocenters. The van der Waals surface area contributed by atoms with Crippen LogP contribution in [-0.4, -0.2) is 55.8 Å². The van der Waals surface area contributed by atoms with Gasteiger partial charge in [-0.2, -0.15) is 0 Å². The number of nitrogens with two attached hydrogens (primary N) is 1. The standard InChI is InChI=1S/C24H43FN6O2Si/c1-16(18(3)21(13-26)32-14-25)17(2)19(4)30-23(20-11-10-12-29-22(20)28)31(15-27)33-34(8,9)24(5,6)7/h10-13,15-19,21,26-27H,14H2,1-9H3,(H2,28,29)/t16-,17+,18-,19+,21?/m1/s1. The zero-order valence-electron chi connectivity index (χ0n) is 22.1. The van der Waals surface area contributed by atoms with Gasteiger partial charge in [-0.25, -0.2) is 14.4 Å². The molecular formula is C24H43FN6O2Si. The van der Waals surface area contributed by atoms with Gasteiger partial charge in [0.1, 0.15) is 12.2 Å². The minimum Gasteiger partial charge on any atom is -0.383 e. The van der Waals surface area contributed by atoms with E-state index in [1.54, 1.807) is 12.3 Å². The first kappa shape index (κ1) is 29.9. The summed E-state index contributed by atoms with van der Waals surface area (Å²) >= 11 is 0. The van der Waals surface area contributed by atoms with E-state index in [0.717, 1.165) is 12.6 Å². The van der Waals surface area contributed by atoms with E-state index in [1.165, 1.54) is 5.06 Å². The number of hydrogen-bond acceptors (Lipinski definition) is 7. The van der Waals surface area contributed by atoms with E-state index in [0.29, 0.717) is 17.2 Å². The van der Waals surface area contributed by atoms with Crippen molar-refractivity contribution in [3.63, 3.8) is 0 Å². The third-order valence-electron chi connectivity index (χ3n) is 7.22. The molecule has 4 N–H and O–H groups in total. The number of halogens is 1. The molecule has 1 aromatic heterocycles. The van der Waals surface area contributed by atoms with Crippen molar-refractivity contribution in [2.75, 3.05) is 12.6 Å². The molecule has 0 aromatic carbocycles. The third-order valence-corrected chi connectivity index (χ3v) is 11.5. The van der Waals surface area contributed by atoms with Gasteiger partial charge < -0.3 is 20.4 Å². The molecule has 0 aliphatic heterocycles. The molecule has 0 saturated carbocycles. The van der Waals surface area contributed by atoms with Crippen molar-refractivity contribution < 1.29 is 13.7 Å². The van der Waals surface area contributed by atoms with Crippen molar-refractivity contribution in [3.05, 3.63) is 23.9 Å². The average Bonchev–Trinajstić information content (AvgIpc) is 2.77. The molecule has 0 saturated heterocycles. The number of nitrogens with one attached hydrogen (secondary N) is 2. The number of rotatable bonds is 12. The fraction of sp³-hybridized carbons (Fsp3) is 0.667. The highest BCUT2D eigenvalue weighted by atomic mass is 28.4. The Morgan fingerprint density at radius 3 is 2.29 bits per heavy atom. The number of alkyl halides is 1. The van der Waals surface area contributed by atoms with Crippen LogP contribution in [0.2, 0.25) is 18.1 Å². The number of pyridine rings is 1. The van der Waals surface area contributed by atoms with E-state index in [9.17, 15) is 4.39 Å². The number of amidine groups is 1. The highest BCUT2D eigenvalue weighted by Gasteiger charge is 2.41. The van der Waals surface area contributed by atoms with Crippen LogP contribution in [0.1, 0.15) is 54.0 Å². The predicted octanol–water partition coefficient (Wildman–Crippen LogP) is 5.51. The lowest BCUT2D eigenvalue weighted by Crippen LogP contribution is -2.48. The van der Waals surface area contributed by atoms with E-state index >= 15 is 0 Å². The number of hydrogen-bond donors (Lipinski definition) is 3. The van der Waals surface area contributed by atoms with Crippen molar-refractivity contribution in [3.8, 4) is 0 Å². The third kappa shape index (κ3) is 7.41. The number of nitrogens with zero attached hydrogens (tertiary/aromatic N) is 3. The minimum atomic E-state index is -2.29. The Labute approximate surface area is 205 Å². The zero-order valence-corrected chi connectivity index (χ0v) is 23.1. The first-order chi connectivity index (χ1) is 15.7. The van der Waals surface area contributed by atoms with Gasteiger partial charge >= 0.3 is 0 Å². The van der Waals surface area contributed by atoms with Gasteiger partial charge in [0, 0.05) is 12.4 Å². The topological polar surface area (TPSA) is 121 Å². The summed E-state index contributed by atoms with van der Waals surface area (Å²) in [6, 6.07) is 3.39. The Kier molecular flexibility index (Phi) is 11.0. The zero-order chi connectivity index (χ0) is 26.3. The van der Waals surface area contributed by atoms with Crippen molar-refractivity contribution in [2.24, 2.45) is 22.7 Å². The molecule has 1 rings (SSSR count). The molecule has 0 radical (unpaired) electrons. The number of nitrogen functional groups attached to an aromatic ring is 1. The maximum absolute atomic E-state index is 12.8. The van der Waals surface area contributed by atoms with Gasteiger partial charge in [0.15, 0.2) is 12.7 Å². The largest absolute Gasteiger partial charge is 0.383 e. The molecular weight excluding hydrogens is 451 g/mol. The van der Waals surface area contributed by atoms with Gasteiger partial charge in [0.25, 0.3) is 0 Å². The lowest BCUT2D eigenvalue weighted by molar-refractivity contribution is -0.0107. The van der Waals surface area contributed by atoms with Crippen LogP contribution in [0.25, 0.3) is 0 Å². The number of ether oxygens (including phenoxy) is 1. The molecule has 0 fully saturated rings. The summed E-state index contributed by atoms with van der Waals surface area (Å²) in [5, 5.41) is 17.0. The smallest absolute Gasteiger partial charge is 0.229 e. The Bertz CT molecular complexity index is 845. The molecule has 0 bridgehead atoms. The highest BCUT2D eigenvalue weighted by molar-refractivity contribution is 6.74. The lowest BCUT2D eigenvalue weighted by atomic mass is 9.79. The first-order valence-electron chi connectivity index (χ1n) is 11.7. The number of hydroxylamine groups is 2. The van der Waals surface area contributed by atoms with E-state index in [1.807, 2.05) is 19.9 Å². The van der Waals surface area contributed by atoms with Crippen molar-refractivity contribution >= 4 is 32.5 Å². The number of anilines is 1. The molecule has 192 valence electrons. The van der Waals surface area contributed by atoms with E-state index in [4.69, 9.17) is 30.8 Å². The van der Waals surface area contributed by atoms with Crippen LogP contribution in [0, 0.1) is 28.6 Å². The Balaban J connectivity index is 3.42. The van der Waals surface area contributed by atoms with Crippen LogP contribution < -0.4 is 5.73 Å². The molecule has 1 heterocycles. The average molecular weight is 495 g/mol. The lowest BCUT2D eigenvalue weighted by Gasteiger charge is -2.39. The molecule has 0 spiro atoms. The maximum atomic E-state index is 12.8. The Morgan fingerprint density at radius 2 is 1.82 bits per heavy atom. The van der Waals surface area contributed by atoms with Gasteiger partial charge in [0.05, 0.1) is 17.7 Å². The second-order valence-corrected chi connectivity index (χ2v) is 15.1. The Hall–Kier alpha value is -2.17. The first-order valence-corrected chi connectivity index (χ1v) is 14.6. The van der Waals surface area contributed by atoms with Crippen LogP contribution >= 0.6 is 0 Å². The van der Waals surface area contributed by atoms with Crippen LogP contribution in [0.5, 0.6) is 0 Å². The van der Waals surface area contributed by atoms with Crippen LogP contribution in [0.15, 0.2) is 23.3 Å². The summed E-state index contributed by atoms with van der Waals surface area (Å²) in [6.45, 7) is 17.7. The van der Waals surface area contributed by atoms with Gasteiger partial charge in [-0.15, -0.1) is 0 Å². The summed E-state index contributed by atoms with van der Waals surface area (Å²) in [5.41, 5.74) is 6.79. The quantitative estimate of drug-likeness (QED) is 0.153. The van der Waals surface area contributed by atoms with E-state index in [-0.39, 0.29) is 28.8 Å². The summed E-state index contributed by atoms with van der Waals surface area (Å²) in [4.78, 5) is 9.18. The van der Waals surface area contributed by atoms with Crippen LogP contribution in [0.3, 0.4) is 0 Å². The molecule has 0 aliphatic carbocycles. The molecule has 1 unspecified atom stereocenters. The summed E-state index contributed by atoms with van der Waals surface area (Å²) in [5.74, 6) is 0.755. The second-order valence-electron chi connectivity index (χ2n) is 10.4. The molecule has 0 amide bonds. The fourth-order valence-corrected chi connectivity index (χ4v) is 4.22. The van der Waals surface area contributed by atoms with Crippen LogP contribution in [0.4, 0.5) is 10.2 Å². The van der Waals surface area contributed by atoms with Gasteiger partial charge in [0.2, 0.25) is 8.32 Å². The van der Waals surface area contributed by atoms with Crippen molar-refractivity contribution in [2.45, 2.75) is 78.7 Å². The fourth-order valence-electron chi connectivity index (χ4n) is 3.32. The van der Waals surface area contributed by atoms with Crippen molar-refractivity contribution in [1.82, 2.24) is 10.0 Å². The van der Waals surface area contributed by atoms with Gasteiger partial charge in [-0.3, -0.25) is 10.4 Å². The normalized spacial score (nSPS) is 17.4. The van der Waals surface area contributed by atoms with Gasteiger partial charge in [-0.05, 0) is 54.9 Å². The molecule has 34 heavy (non-hydrogen) atoms. The number of aromatic nitrogens is 1. The predicted molar refractivity (Wildman–Crippen MR) is 141 cm³/mol. The minimum absolute atomic E-state index is 0.0500. The molecule has 10 heteroatoms. The molecule has 0 aliphatic rings. The second kappa shape index (κ2) is 12.5.